The van der Waals surface area contributed by atoms with Crippen LogP contribution in [0.3, 0.4) is 0 Å². The van der Waals surface area contributed by atoms with E-state index in [1.54, 1.807) is 0 Å². The normalized spacial score (nSPS) is 23.9. The Hall–Kier alpha value is -0.950. The van der Waals surface area contributed by atoms with Gasteiger partial charge >= 0.3 is 10.4 Å². The summed E-state index contributed by atoms with van der Waals surface area (Å²) in [5, 5.41) is 0. The van der Waals surface area contributed by atoms with Gasteiger partial charge in [-0.15, -0.1) is 0 Å². The van der Waals surface area contributed by atoms with Crippen molar-refractivity contribution in [3.63, 3.8) is 0 Å². The standard InChI is InChI=1S/C9H11N.H2O4S/c10-9-6-8(9)7-4-2-1-3-5-7;1-5(2,3)4/h1-5,8-9H,6,10H2;(H2,1,2,3,4)/t8-,9+;/m0./s1. The quantitative estimate of drug-likeness (QED) is 0.622. The van der Waals surface area contributed by atoms with Crippen molar-refractivity contribution in [3.8, 4) is 0 Å². The van der Waals surface area contributed by atoms with Crippen LogP contribution in [-0.2, 0) is 10.4 Å². The molecule has 2 rings (SSSR count). The molecule has 6 heteroatoms. The minimum absolute atomic E-state index is 0.433. The zero-order chi connectivity index (χ0) is 11.5. The van der Waals surface area contributed by atoms with E-state index < -0.39 is 10.4 Å². The molecule has 2 atom stereocenters. The van der Waals surface area contributed by atoms with Crippen molar-refractivity contribution in [2.45, 2.75) is 18.4 Å². The van der Waals surface area contributed by atoms with Gasteiger partial charge in [-0.1, -0.05) is 30.3 Å². The summed E-state index contributed by atoms with van der Waals surface area (Å²) in [4.78, 5) is 0. The first-order valence-corrected chi connectivity index (χ1v) is 5.78. The average Bonchev–Trinajstić information content (AvgIpc) is 2.81. The van der Waals surface area contributed by atoms with Crippen molar-refractivity contribution in [2.24, 2.45) is 5.73 Å². The highest BCUT2D eigenvalue weighted by atomic mass is 32.3. The Morgan fingerprint density at radius 1 is 1.20 bits per heavy atom. The number of hydrogen-bond acceptors (Lipinski definition) is 3. The van der Waals surface area contributed by atoms with Crippen LogP contribution in [0.25, 0.3) is 0 Å². The third-order valence-electron chi connectivity index (χ3n) is 2.07. The first-order valence-electron chi connectivity index (χ1n) is 4.38. The van der Waals surface area contributed by atoms with Crippen LogP contribution in [0.15, 0.2) is 30.3 Å². The average molecular weight is 231 g/mol. The third kappa shape index (κ3) is 5.48. The van der Waals surface area contributed by atoms with Gasteiger partial charge in [0, 0.05) is 12.0 Å². The molecule has 0 bridgehead atoms. The number of hydrogen-bond donors (Lipinski definition) is 3. The van der Waals surface area contributed by atoms with Crippen LogP contribution in [0.1, 0.15) is 17.9 Å². The molecule has 0 aromatic heterocycles. The fraction of sp³-hybridized carbons (Fsp3) is 0.333. The van der Waals surface area contributed by atoms with Gasteiger partial charge in [0.2, 0.25) is 0 Å². The van der Waals surface area contributed by atoms with Crippen LogP contribution in [0.2, 0.25) is 0 Å². The second-order valence-electron chi connectivity index (χ2n) is 3.36. The largest absolute Gasteiger partial charge is 0.394 e. The summed E-state index contributed by atoms with van der Waals surface area (Å²) in [6.07, 6.45) is 1.17. The molecular formula is C9H13NO4S. The van der Waals surface area contributed by atoms with E-state index in [9.17, 15) is 0 Å². The molecule has 1 saturated carbocycles. The molecule has 1 aliphatic rings. The third-order valence-corrected chi connectivity index (χ3v) is 2.07. The second-order valence-corrected chi connectivity index (χ2v) is 4.26. The highest BCUT2D eigenvalue weighted by molar-refractivity contribution is 7.79. The van der Waals surface area contributed by atoms with Crippen molar-refractivity contribution >= 4 is 10.4 Å². The summed E-state index contributed by atoms with van der Waals surface area (Å²) in [5.41, 5.74) is 7.10. The molecule has 0 saturated heterocycles. The van der Waals surface area contributed by atoms with Crippen LogP contribution >= 0.6 is 0 Å². The number of nitrogens with two attached hydrogens (primary N) is 1. The van der Waals surface area contributed by atoms with E-state index in [4.69, 9.17) is 23.3 Å². The van der Waals surface area contributed by atoms with E-state index in [1.165, 1.54) is 12.0 Å². The Morgan fingerprint density at radius 3 is 1.93 bits per heavy atom. The van der Waals surface area contributed by atoms with Crippen molar-refractivity contribution in [3.05, 3.63) is 35.9 Å². The summed E-state index contributed by atoms with van der Waals surface area (Å²) >= 11 is 0. The zero-order valence-electron chi connectivity index (χ0n) is 7.95. The Bertz CT molecular complexity index is 395. The Kier molecular flexibility index (Phi) is 3.81. The van der Waals surface area contributed by atoms with Gasteiger partial charge < -0.3 is 5.73 Å². The van der Waals surface area contributed by atoms with Gasteiger partial charge in [0.1, 0.15) is 0 Å². The Labute approximate surface area is 88.5 Å². The van der Waals surface area contributed by atoms with Crippen molar-refractivity contribution in [1.29, 1.82) is 0 Å². The Balaban J connectivity index is 0.000000195. The molecule has 0 heterocycles. The molecule has 0 amide bonds. The van der Waals surface area contributed by atoms with Crippen molar-refractivity contribution in [1.82, 2.24) is 0 Å². The van der Waals surface area contributed by atoms with Gasteiger partial charge in [0.25, 0.3) is 0 Å². The van der Waals surface area contributed by atoms with Crippen LogP contribution in [0.4, 0.5) is 0 Å². The summed E-state index contributed by atoms with van der Waals surface area (Å²) in [5.74, 6) is 0.654. The van der Waals surface area contributed by atoms with E-state index in [1.807, 2.05) is 6.07 Å². The predicted octanol–water partition coefficient (Wildman–Crippen LogP) is 0.848. The molecule has 1 aromatic carbocycles. The minimum atomic E-state index is -4.67. The number of benzene rings is 1. The monoisotopic (exact) mass is 231 g/mol. The lowest BCUT2D eigenvalue weighted by Crippen LogP contribution is -2.00. The topological polar surface area (TPSA) is 101 Å². The molecule has 84 valence electrons. The van der Waals surface area contributed by atoms with E-state index in [-0.39, 0.29) is 0 Å². The lowest BCUT2D eigenvalue weighted by molar-refractivity contribution is 0.381. The highest BCUT2D eigenvalue weighted by Gasteiger charge is 2.34. The maximum Gasteiger partial charge on any atom is 0.394 e. The first kappa shape index (κ1) is 12.1. The van der Waals surface area contributed by atoms with Crippen molar-refractivity contribution in [2.75, 3.05) is 0 Å². The van der Waals surface area contributed by atoms with Gasteiger partial charge in [-0.25, -0.2) is 0 Å². The SMILES string of the molecule is N[C@@H]1C[C@H]1c1ccccc1.O=S(=O)(O)O. The van der Waals surface area contributed by atoms with Crippen LogP contribution in [0.5, 0.6) is 0 Å². The fourth-order valence-corrected chi connectivity index (χ4v) is 1.30. The second kappa shape index (κ2) is 4.71. The summed E-state index contributed by atoms with van der Waals surface area (Å²) in [7, 11) is -4.67. The van der Waals surface area contributed by atoms with Crippen LogP contribution in [0, 0.1) is 0 Å². The smallest absolute Gasteiger partial charge is 0.327 e. The van der Waals surface area contributed by atoms with E-state index in [0.29, 0.717) is 12.0 Å². The molecular weight excluding hydrogens is 218 g/mol. The fourth-order valence-electron chi connectivity index (χ4n) is 1.30. The molecule has 1 aromatic rings. The van der Waals surface area contributed by atoms with E-state index in [2.05, 4.69) is 24.3 Å². The summed E-state index contributed by atoms with van der Waals surface area (Å²) in [6, 6.07) is 10.9. The van der Waals surface area contributed by atoms with E-state index >= 15 is 0 Å². The van der Waals surface area contributed by atoms with Crippen molar-refractivity contribution < 1.29 is 17.5 Å². The highest BCUT2D eigenvalue weighted by Crippen LogP contribution is 2.38. The van der Waals surface area contributed by atoms with Gasteiger partial charge in [-0.05, 0) is 12.0 Å². The number of rotatable bonds is 1. The predicted molar refractivity (Wildman–Crippen MR) is 56.0 cm³/mol. The lowest BCUT2D eigenvalue weighted by atomic mass is 10.1. The van der Waals surface area contributed by atoms with Crippen LogP contribution in [-0.4, -0.2) is 23.6 Å². The zero-order valence-corrected chi connectivity index (χ0v) is 8.76. The van der Waals surface area contributed by atoms with Gasteiger partial charge in [0.15, 0.2) is 0 Å². The Morgan fingerprint density at radius 2 is 1.60 bits per heavy atom. The molecule has 15 heavy (non-hydrogen) atoms. The summed E-state index contributed by atoms with van der Waals surface area (Å²) in [6.45, 7) is 0. The lowest BCUT2D eigenvalue weighted by Gasteiger charge is -1.94. The molecule has 0 radical (unpaired) electrons. The van der Waals surface area contributed by atoms with Gasteiger partial charge in [0.05, 0.1) is 0 Å². The van der Waals surface area contributed by atoms with Crippen LogP contribution < -0.4 is 5.73 Å². The molecule has 1 aliphatic carbocycles. The summed E-state index contributed by atoms with van der Waals surface area (Å²) < 4.78 is 31.6. The molecule has 0 unspecified atom stereocenters. The van der Waals surface area contributed by atoms with Gasteiger partial charge in [-0.3, -0.25) is 9.11 Å². The van der Waals surface area contributed by atoms with E-state index in [0.717, 1.165) is 0 Å². The molecule has 5 nitrogen and oxygen atoms in total. The molecule has 1 fully saturated rings. The maximum atomic E-state index is 8.74. The molecule has 4 N–H and O–H groups in total. The van der Waals surface area contributed by atoms with Gasteiger partial charge in [-0.2, -0.15) is 8.42 Å². The minimum Gasteiger partial charge on any atom is -0.327 e. The molecule has 0 spiro atoms. The first-order chi connectivity index (χ1) is 6.88. The molecule has 0 aliphatic heterocycles. The maximum absolute atomic E-state index is 8.74.